The predicted molar refractivity (Wildman–Crippen MR) is 118 cm³/mol. The van der Waals surface area contributed by atoms with E-state index < -0.39 is 18.0 Å². The lowest BCUT2D eigenvalue weighted by Gasteiger charge is -2.21. The number of carbonyl (C=O) groups is 3. The Hall–Kier alpha value is -3.16. The first-order chi connectivity index (χ1) is 14.5. The molecule has 0 bridgehead atoms. The third-order valence-corrected chi connectivity index (χ3v) is 5.86. The molecule has 2 heterocycles. The molecule has 4 rings (SSSR count). The van der Waals surface area contributed by atoms with E-state index in [-0.39, 0.29) is 18.9 Å². The molecule has 0 aliphatic carbocycles. The number of nitrogens with one attached hydrogen (secondary N) is 1. The average molecular weight is 440 g/mol. The number of anilines is 2. The van der Waals surface area contributed by atoms with Gasteiger partial charge in [0.25, 0.3) is 5.91 Å². The van der Waals surface area contributed by atoms with Crippen molar-refractivity contribution in [2.45, 2.75) is 19.0 Å². The molecule has 3 aromatic rings. The summed E-state index contributed by atoms with van der Waals surface area (Å²) in [5.74, 6) is -0.761. The quantitative estimate of drug-likeness (QED) is 0.562. The number of hydrogen-bond acceptors (Lipinski definition) is 4. The zero-order chi connectivity index (χ0) is 21.1. The van der Waals surface area contributed by atoms with Crippen LogP contribution in [0, 0.1) is 0 Å². The van der Waals surface area contributed by atoms with Gasteiger partial charge in [-0.15, -0.1) is 11.3 Å². The van der Waals surface area contributed by atoms with Crippen molar-refractivity contribution >= 4 is 52.2 Å². The van der Waals surface area contributed by atoms with Crippen LogP contribution in [-0.2, 0) is 16.1 Å². The minimum Gasteiger partial charge on any atom is -0.326 e. The van der Waals surface area contributed by atoms with Crippen molar-refractivity contribution in [3.05, 3.63) is 82.0 Å². The highest BCUT2D eigenvalue weighted by atomic mass is 35.5. The van der Waals surface area contributed by atoms with Crippen molar-refractivity contribution < 1.29 is 14.4 Å². The minimum atomic E-state index is -0.882. The van der Waals surface area contributed by atoms with E-state index in [4.69, 9.17) is 11.6 Å². The second-order valence-corrected chi connectivity index (χ2v) is 8.24. The summed E-state index contributed by atoms with van der Waals surface area (Å²) in [5, 5.41) is 5.23. The summed E-state index contributed by atoms with van der Waals surface area (Å²) >= 11 is 7.37. The lowest BCUT2D eigenvalue weighted by molar-refractivity contribution is -0.124. The first-order valence-electron chi connectivity index (χ1n) is 9.30. The largest absolute Gasteiger partial charge is 0.332 e. The Kier molecular flexibility index (Phi) is 5.83. The van der Waals surface area contributed by atoms with Gasteiger partial charge in [0.1, 0.15) is 6.04 Å². The second kappa shape index (κ2) is 8.69. The maximum Gasteiger partial charge on any atom is 0.332 e. The van der Waals surface area contributed by atoms with Gasteiger partial charge in [-0.1, -0.05) is 35.9 Å². The van der Waals surface area contributed by atoms with Crippen molar-refractivity contribution in [1.29, 1.82) is 0 Å². The molecule has 0 unspecified atom stereocenters. The van der Waals surface area contributed by atoms with Gasteiger partial charge in [-0.2, -0.15) is 0 Å². The molecule has 1 N–H and O–H groups in total. The predicted octanol–water partition coefficient (Wildman–Crippen LogP) is 4.77. The van der Waals surface area contributed by atoms with E-state index in [1.807, 2.05) is 23.6 Å². The van der Waals surface area contributed by atoms with E-state index in [1.54, 1.807) is 48.5 Å². The van der Waals surface area contributed by atoms with Crippen LogP contribution in [-0.4, -0.2) is 28.8 Å². The number of amides is 4. The maximum atomic E-state index is 13.2. The average Bonchev–Trinajstić information content (AvgIpc) is 3.33. The van der Waals surface area contributed by atoms with Crippen LogP contribution in [0.25, 0.3) is 0 Å². The van der Waals surface area contributed by atoms with Gasteiger partial charge in [0, 0.05) is 15.6 Å². The summed E-state index contributed by atoms with van der Waals surface area (Å²) in [5.41, 5.74) is 1.06. The van der Waals surface area contributed by atoms with Gasteiger partial charge in [0.2, 0.25) is 5.91 Å². The summed E-state index contributed by atoms with van der Waals surface area (Å²) in [4.78, 5) is 42.5. The SMILES string of the molecule is O=C(C[C@H]1C(=O)N(c2ccccc2)C(=O)N1Cc1cccs1)Nc1ccc(Cl)cc1. The van der Waals surface area contributed by atoms with Crippen LogP contribution < -0.4 is 10.2 Å². The molecule has 6 nitrogen and oxygen atoms in total. The third kappa shape index (κ3) is 4.22. The zero-order valence-corrected chi connectivity index (χ0v) is 17.4. The molecule has 1 atom stereocenters. The lowest BCUT2D eigenvalue weighted by atomic mass is 10.1. The Morgan fingerprint density at radius 3 is 2.40 bits per heavy atom. The Morgan fingerprint density at radius 1 is 1.00 bits per heavy atom. The minimum absolute atomic E-state index is 0.137. The van der Waals surface area contributed by atoms with Crippen molar-refractivity contribution in [3.8, 4) is 0 Å². The summed E-state index contributed by atoms with van der Waals surface area (Å²) in [6, 6.07) is 17.9. The Labute approximate surface area is 182 Å². The van der Waals surface area contributed by atoms with Gasteiger partial charge in [-0.25, -0.2) is 9.69 Å². The van der Waals surface area contributed by atoms with Gasteiger partial charge in [-0.05, 0) is 47.8 Å². The van der Waals surface area contributed by atoms with Gasteiger partial charge in [0.05, 0.1) is 18.7 Å². The van der Waals surface area contributed by atoms with Gasteiger partial charge >= 0.3 is 6.03 Å². The van der Waals surface area contributed by atoms with E-state index in [1.165, 1.54) is 16.2 Å². The fourth-order valence-corrected chi connectivity index (χ4v) is 4.15. The van der Waals surface area contributed by atoms with Gasteiger partial charge < -0.3 is 10.2 Å². The fraction of sp³-hybridized carbons (Fsp3) is 0.136. The summed E-state index contributed by atoms with van der Waals surface area (Å²) in [6.07, 6.45) is -0.137. The van der Waals surface area contributed by atoms with Crippen molar-refractivity contribution in [3.63, 3.8) is 0 Å². The highest BCUT2D eigenvalue weighted by Gasteiger charge is 2.46. The number of benzene rings is 2. The number of rotatable bonds is 6. The lowest BCUT2D eigenvalue weighted by Crippen LogP contribution is -2.37. The number of nitrogens with zero attached hydrogens (tertiary/aromatic N) is 2. The standard InChI is InChI=1S/C22H18ClN3O3S/c23-15-8-10-16(11-9-15)24-20(27)13-19-21(28)26(17-5-2-1-3-6-17)22(29)25(19)14-18-7-4-12-30-18/h1-12,19H,13-14H2,(H,24,27)/t19-/m0/s1. The van der Waals surface area contributed by atoms with Crippen LogP contribution in [0.5, 0.6) is 0 Å². The molecule has 0 saturated carbocycles. The number of para-hydroxylation sites is 1. The smallest absolute Gasteiger partial charge is 0.326 e. The van der Waals surface area contributed by atoms with E-state index in [0.29, 0.717) is 16.4 Å². The molecule has 152 valence electrons. The van der Waals surface area contributed by atoms with Crippen molar-refractivity contribution in [2.75, 3.05) is 10.2 Å². The van der Waals surface area contributed by atoms with Crippen LogP contribution in [0.15, 0.2) is 72.1 Å². The molecule has 8 heteroatoms. The fourth-order valence-electron chi connectivity index (χ4n) is 3.32. The van der Waals surface area contributed by atoms with Gasteiger partial charge in [0.15, 0.2) is 0 Å². The Bertz CT molecular complexity index is 1060. The molecule has 1 aliphatic heterocycles. The molecule has 1 aliphatic rings. The number of urea groups is 1. The van der Waals surface area contributed by atoms with Crippen LogP contribution in [0.3, 0.4) is 0 Å². The number of thiophene rings is 1. The van der Waals surface area contributed by atoms with Gasteiger partial charge in [-0.3, -0.25) is 9.59 Å². The number of carbonyl (C=O) groups excluding carboxylic acids is 3. The van der Waals surface area contributed by atoms with Crippen molar-refractivity contribution in [2.24, 2.45) is 0 Å². The van der Waals surface area contributed by atoms with Crippen molar-refractivity contribution in [1.82, 2.24) is 4.90 Å². The molecule has 1 saturated heterocycles. The monoisotopic (exact) mass is 439 g/mol. The Morgan fingerprint density at radius 2 is 1.73 bits per heavy atom. The number of hydrogen-bond donors (Lipinski definition) is 1. The van der Waals surface area contributed by atoms with E-state index in [0.717, 1.165) is 9.78 Å². The van der Waals surface area contributed by atoms with Crippen LogP contribution in [0.1, 0.15) is 11.3 Å². The third-order valence-electron chi connectivity index (χ3n) is 4.75. The van der Waals surface area contributed by atoms with E-state index in [9.17, 15) is 14.4 Å². The summed E-state index contributed by atoms with van der Waals surface area (Å²) < 4.78 is 0. The first kappa shape index (κ1) is 20.1. The molecule has 1 aromatic heterocycles. The normalized spacial score (nSPS) is 16.2. The Balaban J connectivity index is 1.57. The molecular weight excluding hydrogens is 422 g/mol. The van der Waals surface area contributed by atoms with Crippen LogP contribution in [0.4, 0.5) is 16.2 Å². The second-order valence-electron chi connectivity index (χ2n) is 6.77. The van der Waals surface area contributed by atoms with E-state index in [2.05, 4.69) is 5.32 Å². The zero-order valence-electron chi connectivity index (χ0n) is 15.8. The topological polar surface area (TPSA) is 69.7 Å². The maximum absolute atomic E-state index is 13.2. The molecule has 0 spiro atoms. The highest BCUT2D eigenvalue weighted by molar-refractivity contribution is 7.09. The summed E-state index contributed by atoms with van der Waals surface area (Å²) in [6.45, 7) is 0.268. The molecule has 0 radical (unpaired) electrons. The van der Waals surface area contributed by atoms with E-state index >= 15 is 0 Å². The molecule has 30 heavy (non-hydrogen) atoms. The molecule has 4 amide bonds. The summed E-state index contributed by atoms with van der Waals surface area (Å²) in [7, 11) is 0. The highest BCUT2D eigenvalue weighted by Crippen LogP contribution is 2.29. The number of halogens is 1. The molecular formula is C22H18ClN3O3S. The number of imide groups is 1. The van der Waals surface area contributed by atoms with Crippen LogP contribution in [0.2, 0.25) is 5.02 Å². The molecule has 2 aromatic carbocycles. The van der Waals surface area contributed by atoms with Crippen LogP contribution >= 0.6 is 22.9 Å². The molecule has 1 fully saturated rings. The first-order valence-corrected chi connectivity index (χ1v) is 10.6.